The molecule has 1 saturated heterocycles. The molecule has 0 atom stereocenters. The Morgan fingerprint density at radius 2 is 1.77 bits per heavy atom. The summed E-state index contributed by atoms with van der Waals surface area (Å²) in [5, 5.41) is 2.92. The summed E-state index contributed by atoms with van der Waals surface area (Å²) < 4.78 is 26.8. The quantitative estimate of drug-likeness (QED) is 0.879. The van der Waals surface area contributed by atoms with Gasteiger partial charge in [-0.15, -0.1) is 0 Å². The van der Waals surface area contributed by atoms with E-state index in [1.807, 2.05) is 0 Å². The minimum atomic E-state index is -0.441. The van der Waals surface area contributed by atoms with Crippen LogP contribution in [0.2, 0.25) is 5.02 Å². The lowest BCUT2D eigenvalue weighted by atomic mass is 10.1. The number of anilines is 1. The third-order valence-corrected chi connectivity index (χ3v) is 4.75. The number of hydrogen-bond acceptors (Lipinski definition) is 2. The summed E-state index contributed by atoms with van der Waals surface area (Å²) in [5.74, 6) is -0.698. The minimum Gasteiger partial charge on any atom is -0.368 e. The molecule has 2 aromatic rings. The molecule has 2 amide bonds. The molecular weight excluding hydrogens is 360 g/mol. The number of amides is 2. The molecule has 3 rings (SSSR count). The van der Waals surface area contributed by atoms with Crippen molar-refractivity contribution in [2.24, 2.45) is 0 Å². The van der Waals surface area contributed by atoms with Crippen LogP contribution in [0.4, 0.5) is 19.3 Å². The number of hydrogen-bond donors (Lipinski definition) is 1. The molecule has 0 spiro atoms. The first-order valence-electron chi connectivity index (χ1n) is 8.51. The lowest BCUT2D eigenvalue weighted by Crippen LogP contribution is -2.52. The number of nitrogens with zero attached hydrogens (tertiary/aromatic N) is 2. The standard InChI is InChI=1S/C19H20ClF2N3O/c20-16-13-15(5-6-18(16)22)24-9-11-25(12-10-24)19(26)23-8-7-14-3-1-2-4-17(14)21/h1-6,13H,7-12H2,(H,23,26). The number of benzene rings is 2. The Morgan fingerprint density at radius 3 is 2.46 bits per heavy atom. The summed E-state index contributed by atoms with van der Waals surface area (Å²) in [6, 6.07) is 11.0. The van der Waals surface area contributed by atoms with E-state index >= 15 is 0 Å². The van der Waals surface area contributed by atoms with Gasteiger partial charge in [0.1, 0.15) is 11.6 Å². The Bertz CT molecular complexity index is 779. The lowest BCUT2D eigenvalue weighted by molar-refractivity contribution is 0.194. The van der Waals surface area contributed by atoms with Crippen LogP contribution < -0.4 is 10.2 Å². The lowest BCUT2D eigenvalue weighted by Gasteiger charge is -2.36. The molecule has 1 N–H and O–H groups in total. The first-order valence-corrected chi connectivity index (χ1v) is 8.88. The van der Waals surface area contributed by atoms with Crippen LogP contribution in [-0.4, -0.2) is 43.7 Å². The fourth-order valence-corrected chi connectivity index (χ4v) is 3.14. The Morgan fingerprint density at radius 1 is 1.04 bits per heavy atom. The Balaban J connectivity index is 1.46. The van der Waals surface area contributed by atoms with Gasteiger partial charge in [0.2, 0.25) is 0 Å². The zero-order chi connectivity index (χ0) is 18.5. The van der Waals surface area contributed by atoms with Crippen molar-refractivity contribution in [2.45, 2.75) is 6.42 Å². The van der Waals surface area contributed by atoms with Crippen LogP contribution in [0.1, 0.15) is 5.56 Å². The highest BCUT2D eigenvalue weighted by atomic mass is 35.5. The largest absolute Gasteiger partial charge is 0.368 e. The maximum absolute atomic E-state index is 13.6. The normalized spacial score (nSPS) is 14.4. The highest BCUT2D eigenvalue weighted by Crippen LogP contribution is 2.23. The molecule has 1 heterocycles. The van der Waals surface area contributed by atoms with Gasteiger partial charge in [0.25, 0.3) is 0 Å². The van der Waals surface area contributed by atoms with E-state index in [4.69, 9.17) is 11.6 Å². The van der Waals surface area contributed by atoms with Crippen molar-refractivity contribution in [2.75, 3.05) is 37.6 Å². The highest BCUT2D eigenvalue weighted by Gasteiger charge is 2.21. The second-order valence-electron chi connectivity index (χ2n) is 6.15. The van der Waals surface area contributed by atoms with E-state index < -0.39 is 5.82 Å². The Labute approximate surface area is 156 Å². The summed E-state index contributed by atoms with van der Waals surface area (Å²) in [6.07, 6.45) is 0.451. The molecule has 0 radical (unpaired) electrons. The third-order valence-electron chi connectivity index (χ3n) is 4.46. The minimum absolute atomic E-state index is 0.0933. The van der Waals surface area contributed by atoms with Gasteiger partial charge < -0.3 is 15.1 Å². The highest BCUT2D eigenvalue weighted by molar-refractivity contribution is 6.31. The summed E-state index contributed by atoms with van der Waals surface area (Å²) in [4.78, 5) is 16.0. The van der Waals surface area contributed by atoms with Crippen LogP contribution in [0.25, 0.3) is 0 Å². The van der Waals surface area contributed by atoms with Crippen molar-refractivity contribution in [1.29, 1.82) is 0 Å². The molecule has 0 unspecified atom stereocenters. The topological polar surface area (TPSA) is 35.6 Å². The molecule has 1 aliphatic heterocycles. The van der Waals surface area contributed by atoms with E-state index in [0.717, 1.165) is 5.69 Å². The van der Waals surface area contributed by atoms with Gasteiger partial charge in [0.05, 0.1) is 5.02 Å². The van der Waals surface area contributed by atoms with Crippen LogP contribution in [0, 0.1) is 11.6 Å². The zero-order valence-corrected chi connectivity index (χ0v) is 15.0. The number of rotatable bonds is 4. The fourth-order valence-electron chi connectivity index (χ4n) is 2.97. The average molecular weight is 380 g/mol. The van der Waals surface area contributed by atoms with Gasteiger partial charge in [-0.2, -0.15) is 0 Å². The van der Waals surface area contributed by atoms with Crippen LogP contribution in [0.5, 0.6) is 0 Å². The number of carbonyl (C=O) groups is 1. The summed E-state index contributed by atoms with van der Waals surface area (Å²) in [5.41, 5.74) is 1.43. The molecule has 1 aliphatic rings. The number of urea groups is 1. The van der Waals surface area contributed by atoms with Crippen molar-refractivity contribution in [1.82, 2.24) is 10.2 Å². The van der Waals surface area contributed by atoms with Crippen LogP contribution in [0.3, 0.4) is 0 Å². The molecular formula is C19H20ClF2N3O. The van der Waals surface area contributed by atoms with E-state index in [9.17, 15) is 13.6 Å². The molecule has 2 aromatic carbocycles. The zero-order valence-electron chi connectivity index (χ0n) is 14.2. The first-order chi connectivity index (χ1) is 12.5. The smallest absolute Gasteiger partial charge is 0.317 e. The average Bonchev–Trinajstić information content (AvgIpc) is 2.65. The number of piperazine rings is 1. The molecule has 26 heavy (non-hydrogen) atoms. The van der Waals surface area contributed by atoms with Crippen molar-refractivity contribution >= 4 is 23.3 Å². The molecule has 0 aliphatic carbocycles. The first kappa shape index (κ1) is 18.5. The second kappa shape index (κ2) is 8.36. The SMILES string of the molecule is O=C(NCCc1ccccc1F)N1CCN(c2ccc(F)c(Cl)c2)CC1. The Hall–Kier alpha value is -2.34. The molecule has 7 heteroatoms. The van der Waals surface area contributed by atoms with Gasteiger partial charge >= 0.3 is 6.03 Å². The molecule has 0 bridgehead atoms. The molecule has 138 valence electrons. The van der Waals surface area contributed by atoms with Crippen LogP contribution in [0.15, 0.2) is 42.5 Å². The van der Waals surface area contributed by atoms with E-state index in [0.29, 0.717) is 44.7 Å². The van der Waals surface area contributed by atoms with Gasteiger partial charge in [-0.25, -0.2) is 13.6 Å². The Kier molecular flexibility index (Phi) is 5.93. The molecule has 1 fully saturated rings. The van der Waals surface area contributed by atoms with Crippen LogP contribution in [-0.2, 0) is 6.42 Å². The van der Waals surface area contributed by atoms with E-state index in [2.05, 4.69) is 10.2 Å². The van der Waals surface area contributed by atoms with Crippen molar-refractivity contribution in [3.63, 3.8) is 0 Å². The van der Waals surface area contributed by atoms with Gasteiger partial charge in [-0.3, -0.25) is 0 Å². The summed E-state index contributed by atoms with van der Waals surface area (Å²) in [6.45, 7) is 2.78. The maximum Gasteiger partial charge on any atom is 0.317 e. The van der Waals surface area contributed by atoms with E-state index in [1.165, 1.54) is 12.1 Å². The van der Waals surface area contributed by atoms with Gasteiger partial charge in [0, 0.05) is 38.4 Å². The maximum atomic E-state index is 13.6. The predicted octanol–water partition coefficient (Wildman–Crippen LogP) is 3.69. The van der Waals surface area contributed by atoms with E-state index in [1.54, 1.807) is 35.2 Å². The number of carbonyl (C=O) groups excluding carboxylic acids is 1. The second-order valence-corrected chi connectivity index (χ2v) is 6.55. The van der Waals surface area contributed by atoms with Crippen LogP contribution >= 0.6 is 11.6 Å². The summed E-state index contributed by atoms with van der Waals surface area (Å²) >= 11 is 5.83. The summed E-state index contributed by atoms with van der Waals surface area (Å²) in [7, 11) is 0. The van der Waals surface area contributed by atoms with Gasteiger partial charge in [0.15, 0.2) is 0 Å². The number of nitrogens with one attached hydrogen (secondary N) is 1. The molecule has 0 saturated carbocycles. The molecule has 0 aromatic heterocycles. The van der Waals surface area contributed by atoms with Crippen molar-refractivity contribution in [3.8, 4) is 0 Å². The van der Waals surface area contributed by atoms with Crippen molar-refractivity contribution < 1.29 is 13.6 Å². The monoisotopic (exact) mass is 379 g/mol. The van der Waals surface area contributed by atoms with E-state index in [-0.39, 0.29) is 16.9 Å². The van der Waals surface area contributed by atoms with Gasteiger partial charge in [-0.05, 0) is 36.2 Å². The van der Waals surface area contributed by atoms with Crippen molar-refractivity contribution in [3.05, 3.63) is 64.7 Å². The third kappa shape index (κ3) is 4.43. The predicted molar refractivity (Wildman–Crippen MR) is 98.7 cm³/mol. The van der Waals surface area contributed by atoms with Gasteiger partial charge in [-0.1, -0.05) is 29.8 Å². The fraction of sp³-hybridized carbons (Fsp3) is 0.316. The number of halogens is 3. The molecule has 4 nitrogen and oxygen atoms in total.